The molecule has 102 valence electrons. The molecule has 1 aliphatic rings. The van der Waals surface area contributed by atoms with Crippen molar-refractivity contribution in [2.24, 2.45) is 0 Å². The van der Waals surface area contributed by atoms with Crippen molar-refractivity contribution in [2.75, 3.05) is 23.0 Å². The van der Waals surface area contributed by atoms with Crippen LogP contribution in [0.2, 0.25) is 5.28 Å². The Morgan fingerprint density at radius 1 is 1.47 bits per heavy atom. The summed E-state index contributed by atoms with van der Waals surface area (Å²) in [5.74, 6) is 0.873. The molecule has 1 atom stereocenters. The van der Waals surface area contributed by atoms with Gasteiger partial charge in [0, 0.05) is 12.6 Å². The van der Waals surface area contributed by atoms with Crippen molar-refractivity contribution in [1.82, 2.24) is 20.2 Å². The third kappa shape index (κ3) is 2.25. The zero-order valence-electron chi connectivity index (χ0n) is 10.2. The number of halogens is 1. The van der Waals surface area contributed by atoms with Gasteiger partial charge in [-0.2, -0.15) is 15.1 Å². The molecule has 0 spiro atoms. The Labute approximate surface area is 114 Å². The van der Waals surface area contributed by atoms with Crippen LogP contribution in [0.5, 0.6) is 0 Å². The topological polar surface area (TPSA) is 91.8 Å². The molecule has 3 rings (SSSR count). The molecule has 1 fully saturated rings. The maximum Gasteiger partial charge on any atom is 0.226 e. The van der Waals surface area contributed by atoms with Crippen LogP contribution >= 0.6 is 11.6 Å². The third-order valence-electron chi connectivity index (χ3n) is 3.20. The van der Waals surface area contributed by atoms with Crippen molar-refractivity contribution in [3.05, 3.63) is 11.5 Å². The first-order valence-corrected chi connectivity index (χ1v) is 8.00. The Morgan fingerprint density at radius 3 is 3.00 bits per heavy atom. The summed E-state index contributed by atoms with van der Waals surface area (Å²) in [6.45, 7) is 2.26. The van der Waals surface area contributed by atoms with Gasteiger partial charge in [-0.3, -0.25) is 5.10 Å². The minimum absolute atomic E-state index is 0.118. The largest absolute Gasteiger partial charge is 0.351 e. The van der Waals surface area contributed by atoms with Crippen LogP contribution in [-0.2, 0) is 9.84 Å². The van der Waals surface area contributed by atoms with Crippen LogP contribution in [0, 0.1) is 0 Å². The highest BCUT2D eigenvalue weighted by Crippen LogP contribution is 2.27. The van der Waals surface area contributed by atoms with Crippen LogP contribution in [0.25, 0.3) is 11.0 Å². The predicted molar refractivity (Wildman–Crippen MR) is 72.2 cm³/mol. The number of fused-ring (bicyclic) bond motifs is 1. The molecule has 0 saturated carbocycles. The Hall–Kier alpha value is -1.41. The number of rotatable bonds is 1. The van der Waals surface area contributed by atoms with Crippen molar-refractivity contribution in [3.8, 4) is 0 Å². The Bertz CT molecular complexity index is 729. The Kier molecular flexibility index (Phi) is 2.86. The molecule has 0 aliphatic carbocycles. The van der Waals surface area contributed by atoms with E-state index in [1.807, 2.05) is 11.8 Å². The van der Waals surface area contributed by atoms with Crippen molar-refractivity contribution >= 4 is 38.3 Å². The number of aromatic amines is 1. The first-order chi connectivity index (χ1) is 8.96. The van der Waals surface area contributed by atoms with Gasteiger partial charge in [-0.15, -0.1) is 0 Å². The fourth-order valence-electron chi connectivity index (χ4n) is 2.33. The van der Waals surface area contributed by atoms with Crippen molar-refractivity contribution in [1.29, 1.82) is 0 Å². The van der Waals surface area contributed by atoms with E-state index in [2.05, 4.69) is 20.2 Å². The van der Waals surface area contributed by atoms with E-state index >= 15 is 0 Å². The molecule has 1 N–H and O–H groups in total. The predicted octanol–water partition coefficient (Wildman–Crippen LogP) is 0.630. The molecule has 7 nitrogen and oxygen atoms in total. The van der Waals surface area contributed by atoms with E-state index in [9.17, 15) is 8.42 Å². The first kappa shape index (κ1) is 12.6. The minimum Gasteiger partial charge on any atom is -0.351 e. The molecule has 2 aromatic rings. The first-order valence-electron chi connectivity index (χ1n) is 5.80. The van der Waals surface area contributed by atoms with E-state index in [4.69, 9.17) is 11.6 Å². The van der Waals surface area contributed by atoms with Gasteiger partial charge in [0.25, 0.3) is 0 Å². The number of nitrogens with zero attached hydrogens (tertiary/aromatic N) is 4. The SMILES string of the molecule is CC1CS(=O)(=O)CCN1c1nc(Cl)nc2[nH]ncc12. The lowest BCUT2D eigenvalue weighted by molar-refractivity contribution is 0.567. The summed E-state index contributed by atoms with van der Waals surface area (Å²) in [6, 6.07) is -0.150. The molecule has 9 heteroatoms. The monoisotopic (exact) mass is 301 g/mol. The van der Waals surface area contributed by atoms with E-state index in [1.54, 1.807) is 6.20 Å². The van der Waals surface area contributed by atoms with E-state index in [-0.39, 0.29) is 22.8 Å². The highest BCUT2D eigenvalue weighted by Gasteiger charge is 2.30. The molecule has 0 amide bonds. The van der Waals surface area contributed by atoms with Gasteiger partial charge in [0.05, 0.1) is 23.1 Å². The van der Waals surface area contributed by atoms with E-state index < -0.39 is 9.84 Å². The van der Waals surface area contributed by atoms with Crippen molar-refractivity contribution in [3.63, 3.8) is 0 Å². The quantitative estimate of drug-likeness (QED) is 0.777. The molecule has 3 heterocycles. The fraction of sp³-hybridized carbons (Fsp3) is 0.500. The number of sulfone groups is 1. The van der Waals surface area contributed by atoms with Gasteiger partial charge in [-0.05, 0) is 18.5 Å². The summed E-state index contributed by atoms with van der Waals surface area (Å²) in [5, 5.41) is 7.52. The molecule has 0 bridgehead atoms. The highest BCUT2D eigenvalue weighted by atomic mass is 35.5. The maximum atomic E-state index is 11.6. The zero-order valence-corrected chi connectivity index (χ0v) is 11.7. The second-order valence-electron chi connectivity index (χ2n) is 4.61. The lowest BCUT2D eigenvalue weighted by Gasteiger charge is -2.34. The molecular weight excluding hydrogens is 290 g/mol. The highest BCUT2D eigenvalue weighted by molar-refractivity contribution is 7.91. The molecule has 0 aromatic carbocycles. The van der Waals surface area contributed by atoms with Crippen LogP contribution in [0.3, 0.4) is 0 Å². The van der Waals surface area contributed by atoms with Crippen LogP contribution in [0.15, 0.2) is 6.20 Å². The summed E-state index contributed by atoms with van der Waals surface area (Å²) in [4.78, 5) is 10.2. The van der Waals surface area contributed by atoms with Gasteiger partial charge >= 0.3 is 0 Å². The maximum absolute atomic E-state index is 11.6. The molecular formula is C10H12ClN5O2S. The summed E-state index contributed by atoms with van der Waals surface area (Å²) in [6.07, 6.45) is 1.62. The lowest BCUT2D eigenvalue weighted by atomic mass is 10.2. The average molecular weight is 302 g/mol. The number of aromatic nitrogens is 4. The second kappa shape index (κ2) is 4.31. The van der Waals surface area contributed by atoms with Gasteiger partial charge in [0.15, 0.2) is 15.5 Å². The number of hydrogen-bond donors (Lipinski definition) is 1. The number of anilines is 1. The second-order valence-corrected chi connectivity index (χ2v) is 7.17. The molecule has 1 saturated heterocycles. The van der Waals surface area contributed by atoms with Gasteiger partial charge in [-0.25, -0.2) is 8.42 Å². The lowest BCUT2D eigenvalue weighted by Crippen LogP contribution is -2.47. The van der Waals surface area contributed by atoms with Gasteiger partial charge in [0.2, 0.25) is 5.28 Å². The molecule has 0 radical (unpaired) electrons. The minimum atomic E-state index is -2.96. The molecule has 1 unspecified atom stereocenters. The average Bonchev–Trinajstić information content (AvgIpc) is 2.74. The number of hydrogen-bond acceptors (Lipinski definition) is 6. The van der Waals surface area contributed by atoms with Crippen molar-refractivity contribution in [2.45, 2.75) is 13.0 Å². The van der Waals surface area contributed by atoms with Gasteiger partial charge in [-0.1, -0.05) is 0 Å². The molecule has 19 heavy (non-hydrogen) atoms. The fourth-order valence-corrected chi connectivity index (χ4v) is 4.05. The molecule has 2 aromatic heterocycles. The summed E-state index contributed by atoms with van der Waals surface area (Å²) in [5.41, 5.74) is 0.552. The van der Waals surface area contributed by atoms with Crippen LogP contribution in [-0.4, -0.2) is 52.7 Å². The van der Waals surface area contributed by atoms with E-state index in [1.165, 1.54) is 0 Å². The summed E-state index contributed by atoms with van der Waals surface area (Å²) in [7, 11) is -2.96. The smallest absolute Gasteiger partial charge is 0.226 e. The zero-order chi connectivity index (χ0) is 13.6. The Balaban J connectivity index is 2.07. The molecule has 1 aliphatic heterocycles. The summed E-state index contributed by atoms with van der Waals surface area (Å²) < 4.78 is 23.2. The van der Waals surface area contributed by atoms with Crippen molar-refractivity contribution < 1.29 is 8.42 Å². The normalized spacial score (nSPS) is 22.8. The Morgan fingerprint density at radius 2 is 2.26 bits per heavy atom. The van der Waals surface area contributed by atoms with Gasteiger partial charge < -0.3 is 4.90 Å². The van der Waals surface area contributed by atoms with E-state index in [0.717, 1.165) is 5.39 Å². The number of H-pyrrole nitrogens is 1. The summed E-state index contributed by atoms with van der Waals surface area (Å²) >= 11 is 5.89. The van der Waals surface area contributed by atoms with Crippen LogP contribution in [0.4, 0.5) is 5.82 Å². The third-order valence-corrected chi connectivity index (χ3v) is 5.17. The van der Waals surface area contributed by atoms with Crippen LogP contribution in [0.1, 0.15) is 6.92 Å². The standard InChI is InChI=1S/C10H12ClN5O2S/c1-6-5-19(17,18)3-2-16(6)9-7-4-12-15-8(7)13-10(11)14-9/h4,6H,2-3,5H2,1H3,(H,12,13,14,15). The number of nitrogens with one attached hydrogen (secondary N) is 1. The van der Waals surface area contributed by atoms with Gasteiger partial charge in [0.1, 0.15) is 5.82 Å². The van der Waals surface area contributed by atoms with Crippen LogP contribution < -0.4 is 4.90 Å². The van der Waals surface area contributed by atoms with E-state index in [0.29, 0.717) is 18.0 Å².